The molecule has 0 radical (unpaired) electrons. The summed E-state index contributed by atoms with van der Waals surface area (Å²) < 4.78 is 23.1. The maximum Gasteiger partial charge on any atom is 0.270 e. The number of rotatable bonds is 7. The molecule has 8 nitrogen and oxygen atoms in total. The minimum atomic E-state index is -4.09. The molecule has 0 fully saturated rings. The third-order valence-electron chi connectivity index (χ3n) is 3.03. The molecule has 0 amide bonds. The van der Waals surface area contributed by atoms with Gasteiger partial charge in [-0.25, -0.2) is 13.6 Å². The Bertz CT molecular complexity index is 628. The quantitative estimate of drug-likeness (QED) is 0.508. The van der Waals surface area contributed by atoms with E-state index in [1.165, 1.54) is 12.1 Å². The zero-order valence-corrected chi connectivity index (χ0v) is 12.7. The zero-order valence-electron chi connectivity index (χ0n) is 11.9. The Hall–Kier alpha value is -1.71. The molecule has 1 rings (SSSR count). The number of aliphatic hydroxyl groups is 1. The Labute approximate surface area is 123 Å². The van der Waals surface area contributed by atoms with Crippen LogP contribution in [0.25, 0.3) is 0 Å². The molecule has 0 atom stereocenters. The number of hydrogen-bond acceptors (Lipinski definition) is 6. The topological polar surface area (TPSA) is 136 Å². The first-order chi connectivity index (χ1) is 9.57. The van der Waals surface area contributed by atoms with Gasteiger partial charge in [-0.15, -0.1) is 0 Å². The van der Waals surface area contributed by atoms with Gasteiger partial charge in [0.15, 0.2) is 0 Å². The first-order valence-corrected chi connectivity index (χ1v) is 7.77. The largest absolute Gasteiger partial charge is 0.396 e. The van der Waals surface area contributed by atoms with Gasteiger partial charge in [0.05, 0.1) is 10.6 Å². The van der Waals surface area contributed by atoms with Crippen LogP contribution in [-0.4, -0.2) is 31.6 Å². The molecule has 4 N–H and O–H groups in total. The van der Waals surface area contributed by atoms with Crippen molar-refractivity contribution in [2.24, 2.45) is 10.6 Å². The van der Waals surface area contributed by atoms with E-state index in [0.29, 0.717) is 13.0 Å². The summed E-state index contributed by atoms with van der Waals surface area (Å²) in [6.45, 7) is 4.20. The van der Waals surface area contributed by atoms with E-state index >= 15 is 0 Å². The SMILES string of the molecule is CC(C)(CCO)CNc1ccc([N+](=O)[O-])cc1S(N)(=O)=O. The molecule has 21 heavy (non-hydrogen) atoms. The van der Waals surface area contributed by atoms with Gasteiger partial charge in [0.25, 0.3) is 5.69 Å². The number of non-ortho nitro benzene ring substituents is 1. The molecule has 1 aromatic carbocycles. The van der Waals surface area contributed by atoms with Crippen LogP contribution in [-0.2, 0) is 10.0 Å². The predicted octanol–water partition coefficient (Wildman–Crippen LogP) is 1.06. The van der Waals surface area contributed by atoms with Crippen LogP contribution >= 0.6 is 0 Å². The van der Waals surface area contributed by atoms with Gasteiger partial charge in [-0.2, -0.15) is 0 Å². The van der Waals surface area contributed by atoms with Crippen molar-refractivity contribution >= 4 is 21.4 Å². The summed E-state index contributed by atoms with van der Waals surface area (Å²) in [6, 6.07) is 3.44. The van der Waals surface area contributed by atoms with Gasteiger partial charge < -0.3 is 10.4 Å². The Morgan fingerprint density at radius 2 is 2.05 bits per heavy atom. The Morgan fingerprint density at radius 1 is 1.43 bits per heavy atom. The first-order valence-electron chi connectivity index (χ1n) is 6.23. The van der Waals surface area contributed by atoms with Crippen LogP contribution in [0, 0.1) is 15.5 Å². The molecule has 0 aliphatic heterocycles. The highest BCUT2D eigenvalue weighted by Crippen LogP contribution is 2.27. The minimum absolute atomic E-state index is 0.0109. The van der Waals surface area contributed by atoms with Gasteiger partial charge >= 0.3 is 0 Å². The Kier molecular flexibility index (Phi) is 5.26. The van der Waals surface area contributed by atoms with Crippen LogP contribution in [0.1, 0.15) is 20.3 Å². The normalized spacial score (nSPS) is 12.2. The number of hydrogen-bond donors (Lipinski definition) is 3. The molecule has 0 unspecified atom stereocenters. The number of primary sulfonamides is 1. The average Bonchev–Trinajstić information content (AvgIpc) is 2.35. The fourth-order valence-corrected chi connectivity index (χ4v) is 2.46. The fraction of sp³-hybridized carbons (Fsp3) is 0.500. The van der Waals surface area contributed by atoms with Gasteiger partial charge in [0.1, 0.15) is 4.90 Å². The Balaban J connectivity index is 3.10. The fourth-order valence-electron chi connectivity index (χ4n) is 1.73. The van der Waals surface area contributed by atoms with E-state index in [0.717, 1.165) is 6.07 Å². The monoisotopic (exact) mass is 317 g/mol. The van der Waals surface area contributed by atoms with Crippen molar-refractivity contribution in [1.82, 2.24) is 0 Å². The number of nitrogens with two attached hydrogens (primary N) is 1. The highest BCUT2D eigenvalue weighted by Gasteiger charge is 2.22. The lowest BCUT2D eigenvalue weighted by Gasteiger charge is -2.25. The molecular formula is C12H19N3O5S. The van der Waals surface area contributed by atoms with Crippen LogP contribution in [0.5, 0.6) is 0 Å². The molecule has 0 aliphatic carbocycles. The van der Waals surface area contributed by atoms with E-state index < -0.39 is 14.9 Å². The molecule has 0 spiro atoms. The lowest BCUT2D eigenvalue weighted by Crippen LogP contribution is -2.25. The number of benzene rings is 1. The van der Waals surface area contributed by atoms with Gasteiger partial charge in [0, 0.05) is 25.3 Å². The maximum atomic E-state index is 11.6. The van der Waals surface area contributed by atoms with E-state index in [9.17, 15) is 18.5 Å². The molecule has 0 aliphatic rings. The minimum Gasteiger partial charge on any atom is -0.396 e. The number of nitro groups is 1. The van der Waals surface area contributed by atoms with Crippen LogP contribution in [0.4, 0.5) is 11.4 Å². The molecule has 0 bridgehead atoms. The van der Waals surface area contributed by atoms with E-state index in [1.54, 1.807) is 0 Å². The lowest BCUT2D eigenvalue weighted by atomic mass is 9.89. The first kappa shape index (κ1) is 17.3. The molecular weight excluding hydrogens is 298 g/mol. The van der Waals surface area contributed by atoms with Gasteiger partial charge in [-0.3, -0.25) is 10.1 Å². The summed E-state index contributed by atoms with van der Waals surface area (Å²) in [5, 5.41) is 27.7. The van der Waals surface area contributed by atoms with Crippen molar-refractivity contribution in [3.8, 4) is 0 Å². The highest BCUT2D eigenvalue weighted by molar-refractivity contribution is 7.89. The van der Waals surface area contributed by atoms with E-state index in [4.69, 9.17) is 10.2 Å². The summed E-state index contributed by atoms with van der Waals surface area (Å²) >= 11 is 0. The number of nitro benzene ring substituents is 1. The van der Waals surface area contributed by atoms with Gasteiger partial charge in [-0.1, -0.05) is 13.8 Å². The van der Waals surface area contributed by atoms with Gasteiger partial charge in [0.2, 0.25) is 10.0 Å². The van der Waals surface area contributed by atoms with Crippen LogP contribution in [0.3, 0.4) is 0 Å². The second kappa shape index (κ2) is 6.37. The van der Waals surface area contributed by atoms with E-state index in [-0.39, 0.29) is 28.3 Å². The molecule has 0 saturated heterocycles. The van der Waals surface area contributed by atoms with Crippen molar-refractivity contribution in [3.05, 3.63) is 28.3 Å². The molecule has 1 aromatic rings. The second-order valence-corrected chi connectivity index (χ2v) is 7.00. The van der Waals surface area contributed by atoms with E-state index in [2.05, 4.69) is 5.32 Å². The average molecular weight is 317 g/mol. The van der Waals surface area contributed by atoms with E-state index in [1.807, 2.05) is 13.8 Å². The second-order valence-electron chi connectivity index (χ2n) is 5.47. The van der Waals surface area contributed by atoms with Crippen molar-refractivity contribution in [1.29, 1.82) is 0 Å². The summed E-state index contributed by atoms with van der Waals surface area (Å²) in [4.78, 5) is 9.71. The predicted molar refractivity (Wildman–Crippen MR) is 78.4 cm³/mol. The summed E-state index contributed by atoms with van der Waals surface area (Å²) in [6.07, 6.45) is 0.525. The van der Waals surface area contributed by atoms with Crippen molar-refractivity contribution in [2.75, 3.05) is 18.5 Å². The summed E-state index contributed by atoms with van der Waals surface area (Å²) in [5.41, 5.74) is -0.417. The van der Waals surface area contributed by atoms with Crippen LogP contribution in [0.15, 0.2) is 23.1 Å². The third-order valence-corrected chi connectivity index (χ3v) is 3.98. The summed E-state index contributed by atoms with van der Waals surface area (Å²) in [5.74, 6) is 0. The smallest absolute Gasteiger partial charge is 0.270 e. The number of sulfonamides is 1. The van der Waals surface area contributed by atoms with Crippen molar-refractivity contribution in [2.45, 2.75) is 25.2 Å². The van der Waals surface area contributed by atoms with Crippen LogP contribution in [0.2, 0.25) is 0 Å². The molecule has 0 saturated carbocycles. The van der Waals surface area contributed by atoms with Crippen molar-refractivity contribution < 1.29 is 18.4 Å². The molecule has 9 heteroatoms. The standard InChI is InChI=1S/C12H19N3O5S/c1-12(2,5-6-16)8-14-10-4-3-9(15(17)18)7-11(10)21(13,19)20/h3-4,7,14,16H,5-6,8H2,1-2H3,(H2,13,19,20). The molecule has 118 valence electrons. The number of anilines is 1. The van der Waals surface area contributed by atoms with Gasteiger partial charge in [-0.05, 0) is 17.9 Å². The van der Waals surface area contributed by atoms with Crippen LogP contribution < -0.4 is 10.5 Å². The number of nitrogens with one attached hydrogen (secondary N) is 1. The number of nitrogens with zero attached hydrogens (tertiary/aromatic N) is 1. The number of aliphatic hydroxyl groups excluding tert-OH is 1. The zero-order chi connectivity index (χ0) is 16.3. The lowest BCUT2D eigenvalue weighted by molar-refractivity contribution is -0.385. The molecule has 0 heterocycles. The van der Waals surface area contributed by atoms with Crippen molar-refractivity contribution in [3.63, 3.8) is 0 Å². The third kappa shape index (κ3) is 4.96. The maximum absolute atomic E-state index is 11.6. The molecule has 0 aromatic heterocycles. The highest BCUT2D eigenvalue weighted by atomic mass is 32.2. The summed E-state index contributed by atoms with van der Waals surface area (Å²) in [7, 11) is -4.09. The Morgan fingerprint density at radius 3 is 2.52 bits per heavy atom.